The van der Waals surface area contributed by atoms with E-state index < -0.39 is 6.10 Å². The van der Waals surface area contributed by atoms with E-state index in [2.05, 4.69) is 10.4 Å². The maximum absolute atomic E-state index is 12.0. The second kappa shape index (κ2) is 4.87. The molecule has 0 aromatic carbocycles. The van der Waals surface area contributed by atoms with Crippen molar-refractivity contribution in [3.05, 3.63) is 17.5 Å². The Bertz CT molecular complexity index is 414. The quantitative estimate of drug-likeness (QED) is 0.798. The molecule has 1 fully saturated rings. The van der Waals surface area contributed by atoms with Crippen molar-refractivity contribution in [1.29, 1.82) is 0 Å². The molecule has 5 nitrogen and oxygen atoms in total. The summed E-state index contributed by atoms with van der Waals surface area (Å²) in [6.07, 6.45) is 3.31. The standard InChI is InChI=1S/C12H19N3O2/c1-8-7-10(15(2)14-8)12(17)13-9-5-3-4-6-11(9)16/h7,9,11,16H,3-6H2,1-2H3,(H,13,17). The van der Waals surface area contributed by atoms with Crippen molar-refractivity contribution in [3.63, 3.8) is 0 Å². The van der Waals surface area contributed by atoms with Crippen LogP contribution in [0.2, 0.25) is 0 Å². The molecule has 0 radical (unpaired) electrons. The molecule has 2 N–H and O–H groups in total. The van der Waals surface area contributed by atoms with Crippen LogP contribution in [0.5, 0.6) is 0 Å². The summed E-state index contributed by atoms with van der Waals surface area (Å²) in [5.41, 5.74) is 1.36. The zero-order chi connectivity index (χ0) is 12.4. The Morgan fingerprint density at radius 1 is 1.53 bits per heavy atom. The van der Waals surface area contributed by atoms with Gasteiger partial charge in [-0.05, 0) is 25.8 Å². The topological polar surface area (TPSA) is 67.2 Å². The number of aliphatic hydroxyl groups is 1. The van der Waals surface area contributed by atoms with Crippen LogP contribution >= 0.6 is 0 Å². The largest absolute Gasteiger partial charge is 0.391 e. The molecule has 1 saturated carbocycles. The Labute approximate surface area is 101 Å². The lowest BCUT2D eigenvalue weighted by molar-refractivity contribution is 0.0710. The summed E-state index contributed by atoms with van der Waals surface area (Å²) in [7, 11) is 1.75. The zero-order valence-electron chi connectivity index (χ0n) is 10.3. The van der Waals surface area contributed by atoms with Crippen LogP contribution in [0.25, 0.3) is 0 Å². The third kappa shape index (κ3) is 2.66. The number of aryl methyl sites for hydroxylation is 2. The highest BCUT2D eigenvalue weighted by Gasteiger charge is 2.25. The van der Waals surface area contributed by atoms with Crippen molar-refractivity contribution in [1.82, 2.24) is 15.1 Å². The van der Waals surface area contributed by atoms with Crippen LogP contribution in [0, 0.1) is 6.92 Å². The minimum atomic E-state index is -0.415. The number of rotatable bonds is 2. The molecule has 94 valence electrons. The van der Waals surface area contributed by atoms with Crippen LogP contribution in [0.3, 0.4) is 0 Å². The van der Waals surface area contributed by atoms with Crippen LogP contribution < -0.4 is 5.32 Å². The predicted octanol–water partition coefficient (Wildman–Crippen LogP) is 0.762. The predicted molar refractivity (Wildman–Crippen MR) is 63.7 cm³/mol. The van der Waals surface area contributed by atoms with E-state index in [4.69, 9.17) is 0 Å². The van der Waals surface area contributed by atoms with E-state index in [1.165, 1.54) is 0 Å². The smallest absolute Gasteiger partial charge is 0.269 e. The Morgan fingerprint density at radius 2 is 2.24 bits per heavy atom. The number of aromatic nitrogens is 2. The lowest BCUT2D eigenvalue weighted by Crippen LogP contribution is -2.45. The van der Waals surface area contributed by atoms with Gasteiger partial charge in [-0.2, -0.15) is 5.10 Å². The second-order valence-corrected chi connectivity index (χ2v) is 4.73. The first-order chi connectivity index (χ1) is 8.08. The van der Waals surface area contributed by atoms with E-state index in [-0.39, 0.29) is 11.9 Å². The summed E-state index contributed by atoms with van der Waals surface area (Å²) >= 11 is 0. The Balaban J connectivity index is 2.03. The highest BCUT2D eigenvalue weighted by Crippen LogP contribution is 2.18. The second-order valence-electron chi connectivity index (χ2n) is 4.73. The van der Waals surface area contributed by atoms with Crippen LogP contribution in [-0.4, -0.2) is 32.9 Å². The van der Waals surface area contributed by atoms with E-state index in [1.807, 2.05) is 6.92 Å². The van der Waals surface area contributed by atoms with Crippen molar-refractivity contribution < 1.29 is 9.90 Å². The first-order valence-electron chi connectivity index (χ1n) is 6.07. The molecule has 2 unspecified atom stereocenters. The molecule has 0 bridgehead atoms. The lowest BCUT2D eigenvalue weighted by atomic mass is 9.92. The summed E-state index contributed by atoms with van der Waals surface area (Å²) in [5.74, 6) is -0.154. The van der Waals surface area contributed by atoms with E-state index in [0.717, 1.165) is 31.4 Å². The number of aliphatic hydroxyl groups excluding tert-OH is 1. The maximum atomic E-state index is 12.0. The van der Waals surface area contributed by atoms with Crippen LogP contribution in [0.4, 0.5) is 0 Å². The van der Waals surface area contributed by atoms with Crippen LogP contribution in [0.15, 0.2) is 6.07 Å². The number of carbonyl (C=O) groups excluding carboxylic acids is 1. The SMILES string of the molecule is Cc1cc(C(=O)NC2CCCCC2O)n(C)n1. The van der Waals surface area contributed by atoms with E-state index in [1.54, 1.807) is 17.8 Å². The van der Waals surface area contributed by atoms with Gasteiger partial charge in [-0.1, -0.05) is 12.8 Å². The maximum Gasteiger partial charge on any atom is 0.269 e. The van der Waals surface area contributed by atoms with E-state index in [0.29, 0.717) is 5.69 Å². The van der Waals surface area contributed by atoms with Crippen molar-refractivity contribution in [2.24, 2.45) is 7.05 Å². The van der Waals surface area contributed by atoms with Gasteiger partial charge in [0.2, 0.25) is 0 Å². The van der Waals surface area contributed by atoms with E-state index >= 15 is 0 Å². The summed E-state index contributed by atoms with van der Waals surface area (Å²) < 4.78 is 1.57. The minimum absolute atomic E-state index is 0.119. The minimum Gasteiger partial charge on any atom is -0.391 e. The summed E-state index contributed by atoms with van der Waals surface area (Å²) in [4.78, 5) is 12.0. The van der Waals surface area contributed by atoms with Gasteiger partial charge >= 0.3 is 0 Å². The number of amides is 1. The average Bonchev–Trinajstić information content (AvgIpc) is 2.61. The molecule has 17 heavy (non-hydrogen) atoms. The van der Waals surface area contributed by atoms with Crippen LogP contribution in [0.1, 0.15) is 41.9 Å². The fourth-order valence-corrected chi connectivity index (χ4v) is 2.35. The molecule has 2 atom stereocenters. The molecular formula is C12H19N3O2. The third-order valence-electron chi connectivity index (χ3n) is 3.28. The average molecular weight is 237 g/mol. The lowest BCUT2D eigenvalue weighted by Gasteiger charge is -2.28. The Hall–Kier alpha value is -1.36. The van der Waals surface area contributed by atoms with Crippen molar-refractivity contribution >= 4 is 5.91 Å². The monoisotopic (exact) mass is 237 g/mol. The molecular weight excluding hydrogens is 218 g/mol. The fraction of sp³-hybridized carbons (Fsp3) is 0.667. The van der Waals surface area contributed by atoms with Crippen molar-refractivity contribution in [2.75, 3.05) is 0 Å². The number of hydrogen-bond donors (Lipinski definition) is 2. The van der Waals surface area contributed by atoms with Gasteiger partial charge in [0.15, 0.2) is 0 Å². The van der Waals surface area contributed by atoms with Gasteiger partial charge < -0.3 is 10.4 Å². The van der Waals surface area contributed by atoms with Gasteiger partial charge in [-0.25, -0.2) is 0 Å². The van der Waals surface area contributed by atoms with Crippen molar-refractivity contribution in [2.45, 2.75) is 44.8 Å². The number of nitrogens with one attached hydrogen (secondary N) is 1. The van der Waals surface area contributed by atoms with Gasteiger partial charge in [0, 0.05) is 7.05 Å². The summed E-state index contributed by atoms with van der Waals surface area (Å²) in [6, 6.07) is 1.64. The van der Waals surface area contributed by atoms with Crippen LogP contribution in [-0.2, 0) is 7.05 Å². The molecule has 2 rings (SSSR count). The normalized spacial score (nSPS) is 24.6. The molecule has 1 aromatic heterocycles. The first kappa shape index (κ1) is 12.1. The molecule has 1 aliphatic rings. The fourth-order valence-electron chi connectivity index (χ4n) is 2.35. The molecule has 0 spiro atoms. The molecule has 1 amide bonds. The zero-order valence-corrected chi connectivity index (χ0v) is 10.3. The van der Waals surface area contributed by atoms with Gasteiger partial charge in [0.05, 0.1) is 17.8 Å². The van der Waals surface area contributed by atoms with Gasteiger partial charge in [0.1, 0.15) is 5.69 Å². The van der Waals surface area contributed by atoms with E-state index in [9.17, 15) is 9.90 Å². The van der Waals surface area contributed by atoms with Gasteiger partial charge in [0.25, 0.3) is 5.91 Å². The number of carbonyl (C=O) groups is 1. The van der Waals surface area contributed by atoms with Crippen molar-refractivity contribution in [3.8, 4) is 0 Å². The number of nitrogens with zero attached hydrogens (tertiary/aromatic N) is 2. The Kier molecular flexibility index (Phi) is 3.47. The molecule has 0 aliphatic heterocycles. The first-order valence-corrected chi connectivity index (χ1v) is 6.07. The van der Waals surface area contributed by atoms with Gasteiger partial charge in [-0.3, -0.25) is 9.48 Å². The highest BCUT2D eigenvalue weighted by molar-refractivity contribution is 5.92. The summed E-state index contributed by atoms with van der Waals surface area (Å²) in [6.45, 7) is 1.85. The Morgan fingerprint density at radius 3 is 2.82 bits per heavy atom. The molecule has 1 aromatic rings. The molecule has 1 heterocycles. The number of hydrogen-bond acceptors (Lipinski definition) is 3. The molecule has 0 saturated heterocycles. The van der Waals surface area contributed by atoms with Gasteiger partial charge in [-0.15, -0.1) is 0 Å². The summed E-state index contributed by atoms with van der Waals surface area (Å²) in [5, 5.41) is 16.8. The third-order valence-corrected chi connectivity index (χ3v) is 3.28. The molecule has 5 heteroatoms. The molecule has 1 aliphatic carbocycles. The highest BCUT2D eigenvalue weighted by atomic mass is 16.3.